The van der Waals surface area contributed by atoms with Crippen molar-refractivity contribution in [1.29, 1.82) is 0 Å². The quantitative estimate of drug-likeness (QED) is 0.517. The molecule has 0 fully saturated rings. The van der Waals surface area contributed by atoms with Gasteiger partial charge in [-0.05, 0) is 6.42 Å². The van der Waals surface area contributed by atoms with Gasteiger partial charge < -0.3 is 10.8 Å². The Bertz CT molecular complexity index is 62.7. The van der Waals surface area contributed by atoms with Gasteiger partial charge >= 0.3 is 0 Å². The lowest BCUT2D eigenvalue weighted by Crippen LogP contribution is -2.09. The summed E-state index contributed by atoms with van der Waals surface area (Å²) in [5, 5.41) is 7.98. The fourth-order valence-electron chi connectivity index (χ4n) is 0.207. The van der Waals surface area contributed by atoms with Crippen LogP contribution in [0.4, 0.5) is 0 Å². The number of amides is 1. The summed E-state index contributed by atoms with van der Waals surface area (Å²) in [7, 11) is 0. The number of primary amides is 1. The van der Waals surface area contributed by atoms with Crippen molar-refractivity contribution < 1.29 is 9.90 Å². The molecular weight excluding hydrogens is 94.0 g/mol. The highest BCUT2D eigenvalue weighted by Gasteiger charge is 1.89. The average Bonchev–Trinajstić information content (AvgIpc) is 1.61. The van der Waals surface area contributed by atoms with Gasteiger partial charge in [-0.15, -0.1) is 0 Å². The normalized spacial score (nSPS) is 8.71. The first kappa shape index (κ1) is 6.43. The maximum Gasteiger partial charge on any atom is 0.217 e. The van der Waals surface area contributed by atoms with Crippen molar-refractivity contribution in [2.24, 2.45) is 5.73 Å². The number of nitrogens with two attached hydrogens (primary N) is 1. The second kappa shape index (κ2) is 3.61. The molecule has 3 N–H and O–H groups in total. The maximum absolute atomic E-state index is 9.85. The molecule has 3 heteroatoms. The molecule has 0 spiro atoms. The summed E-state index contributed by atoms with van der Waals surface area (Å²) in [4.78, 5) is 9.85. The SMILES string of the molecule is NC(=O)CC[CH]O. The number of hydrogen-bond acceptors (Lipinski definition) is 2. The highest BCUT2D eigenvalue weighted by Crippen LogP contribution is 1.86. The van der Waals surface area contributed by atoms with E-state index in [9.17, 15) is 4.79 Å². The Morgan fingerprint density at radius 2 is 2.43 bits per heavy atom. The van der Waals surface area contributed by atoms with Crippen LogP contribution in [0.15, 0.2) is 0 Å². The zero-order valence-corrected chi connectivity index (χ0v) is 3.92. The average molecular weight is 102 g/mol. The second-order valence-electron chi connectivity index (χ2n) is 1.19. The van der Waals surface area contributed by atoms with E-state index in [1.165, 1.54) is 0 Å². The Labute approximate surface area is 42.1 Å². The lowest BCUT2D eigenvalue weighted by atomic mass is 10.3. The van der Waals surface area contributed by atoms with E-state index in [2.05, 4.69) is 0 Å². The summed E-state index contributed by atoms with van der Waals surface area (Å²) in [6, 6.07) is 0. The van der Waals surface area contributed by atoms with E-state index in [0.29, 0.717) is 6.42 Å². The van der Waals surface area contributed by atoms with Gasteiger partial charge in [-0.2, -0.15) is 0 Å². The molecule has 0 aromatic carbocycles. The van der Waals surface area contributed by atoms with E-state index < -0.39 is 0 Å². The molecule has 7 heavy (non-hydrogen) atoms. The summed E-state index contributed by atoms with van der Waals surface area (Å²) < 4.78 is 0. The van der Waals surface area contributed by atoms with Gasteiger partial charge in [0.15, 0.2) is 0 Å². The summed E-state index contributed by atoms with van der Waals surface area (Å²) in [5.74, 6) is -0.384. The van der Waals surface area contributed by atoms with Crippen LogP contribution in [0.2, 0.25) is 0 Å². The van der Waals surface area contributed by atoms with E-state index in [4.69, 9.17) is 10.8 Å². The molecular formula is C4H8NO2. The zero-order valence-electron chi connectivity index (χ0n) is 3.92. The Hall–Kier alpha value is -0.570. The van der Waals surface area contributed by atoms with Crippen LogP contribution >= 0.6 is 0 Å². The third-order valence-corrected chi connectivity index (χ3v) is 0.520. The molecule has 0 saturated heterocycles. The molecule has 0 unspecified atom stereocenters. The number of carbonyl (C=O) groups excluding carboxylic acids is 1. The van der Waals surface area contributed by atoms with Crippen molar-refractivity contribution in [3.05, 3.63) is 6.61 Å². The third kappa shape index (κ3) is 5.43. The van der Waals surface area contributed by atoms with E-state index in [-0.39, 0.29) is 12.3 Å². The van der Waals surface area contributed by atoms with E-state index in [0.717, 1.165) is 6.61 Å². The molecule has 0 rings (SSSR count). The second-order valence-corrected chi connectivity index (χ2v) is 1.19. The van der Waals surface area contributed by atoms with Crippen molar-refractivity contribution in [3.63, 3.8) is 0 Å². The molecule has 1 amide bonds. The standard InChI is InChI=1S/C4H8NO2/c5-4(7)2-1-3-6/h3,6H,1-2H2,(H2,5,7). The molecule has 1 radical (unpaired) electrons. The molecule has 0 atom stereocenters. The monoisotopic (exact) mass is 102 g/mol. The molecule has 0 aliphatic carbocycles. The van der Waals surface area contributed by atoms with Gasteiger partial charge in [0.25, 0.3) is 0 Å². The number of carbonyl (C=O) groups is 1. The van der Waals surface area contributed by atoms with Gasteiger partial charge in [0.05, 0.1) is 6.61 Å². The molecule has 0 aromatic rings. The number of aliphatic hydroxyl groups is 1. The van der Waals surface area contributed by atoms with Crippen LogP contribution in [0.5, 0.6) is 0 Å². The van der Waals surface area contributed by atoms with Crippen LogP contribution in [-0.2, 0) is 4.79 Å². The lowest BCUT2D eigenvalue weighted by molar-refractivity contribution is -0.118. The van der Waals surface area contributed by atoms with Crippen molar-refractivity contribution in [3.8, 4) is 0 Å². The van der Waals surface area contributed by atoms with Gasteiger partial charge in [0.2, 0.25) is 5.91 Å². The van der Waals surface area contributed by atoms with E-state index in [1.807, 2.05) is 0 Å². The van der Waals surface area contributed by atoms with E-state index >= 15 is 0 Å². The van der Waals surface area contributed by atoms with Crippen molar-refractivity contribution in [2.45, 2.75) is 12.8 Å². The van der Waals surface area contributed by atoms with Crippen molar-refractivity contribution in [2.75, 3.05) is 0 Å². The lowest BCUT2D eigenvalue weighted by Gasteiger charge is -1.85. The molecule has 0 aliphatic rings. The minimum Gasteiger partial charge on any atom is -0.390 e. The summed E-state index contributed by atoms with van der Waals surface area (Å²) in [5.41, 5.74) is 4.71. The molecule has 0 bridgehead atoms. The Kier molecular flexibility index (Phi) is 3.32. The Morgan fingerprint density at radius 1 is 1.86 bits per heavy atom. The van der Waals surface area contributed by atoms with Gasteiger partial charge in [0.1, 0.15) is 0 Å². The molecule has 41 valence electrons. The highest BCUT2D eigenvalue weighted by molar-refractivity contribution is 5.73. The Morgan fingerprint density at radius 3 is 2.57 bits per heavy atom. The summed E-state index contributed by atoms with van der Waals surface area (Å²) in [6.45, 7) is 0.921. The van der Waals surface area contributed by atoms with Gasteiger partial charge in [-0.1, -0.05) is 0 Å². The third-order valence-electron chi connectivity index (χ3n) is 0.520. The van der Waals surface area contributed by atoms with Crippen LogP contribution < -0.4 is 5.73 Å². The zero-order chi connectivity index (χ0) is 5.70. The molecule has 0 aliphatic heterocycles. The molecule has 3 nitrogen and oxygen atoms in total. The molecule has 0 aromatic heterocycles. The highest BCUT2D eigenvalue weighted by atomic mass is 16.3. The Balaban J connectivity index is 2.82. The van der Waals surface area contributed by atoms with Crippen LogP contribution in [0.1, 0.15) is 12.8 Å². The fraction of sp³-hybridized carbons (Fsp3) is 0.500. The predicted octanol–water partition coefficient (Wildman–Crippen LogP) is -0.214. The summed E-state index contributed by atoms with van der Waals surface area (Å²) >= 11 is 0. The number of aliphatic hydroxyl groups excluding tert-OH is 1. The topological polar surface area (TPSA) is 63.3 Å². The minimum atomic E-state index is -0.384. The minimum absolute atomic E-state index is 0.233. The van der Waals surface area contributed by atoms with Crippen LogP contribution in [0.25, 0.3) is 0 Å². The first-order chi connectivity index (χ1) is 3.27. The summed E-state index contributed by atoms with van der Waals surface area (Å²) in [6.07, 6.45) is 0.589. The van der Waals surface area contributed by atoms with E-state index in [1.54, 1.807) is 0 Å². The van der Waals surface area contributed by atoms with Crippen molar-refractivity contribution >= 4 is 5.91 Å². The smallest absolute Gasteiger partial charge is 0.217 e. The van der Waals surface area contributed by atoms with Crippen LogP contribution in [0, 0.1) is 6.61 Å². The number of hydrogen-bond donors (Lipinski definition) is 2. The van der Waals surface area contributed by atoms with Crippen molar-refractivity contribution in [1.82, 2.24) is 0 Å². The maximum atomic E-state index is 9.85. The predicted molar refractivity (Wildman–Crippen MR) is 24.7 cm³/mol. The molecule has 0 heterocycles. The van der Waals surface area contributed by atoms with Crippen LogP contribution in [-0.4, -0.2) is 11.0 Å². The number of rotatable bonds is 3. The fourth-order valence-corrected chi connectivity index (χ4v) is 0.207. The van der Waals surface area contributed by atoms with Gasteiger partial charge in [-0.25, -0.2) is 0 Å². The van der Waals surface area contributed by atoms with Gasteiger partial charge in [0, 0.05) is 6.42 Å². The van der Waals surface area contributed by atoms with Gasteiger partial charge in [-0.3, -0.25) is 4.79 Å². The first-order valence-corrected chi connectivity index (χ1v) is 2.01. The molecule has 0 saturated carbocycles. The first-order valence-electron chi connectivity index (χ1n) is 2.01. The van der Waals surface area contributed by atoms with Crippen LogP contribution in [0.3, 0.4) is 0 Å². The largest absolute Gasteiger partial charge is 0.390 e.